The molecule has 2 atom stereocenters. The Hall–Kier alpha value is -1.46. The predicted octanol–water partition coefficient (Wildman–Crippen LogP) is 1.38. The fraction of sp³-hybridized carbons (Fsp3) is 0.647. The second-order valence-electron chi connectivity index (χ2n) is 6.23. The van der Waals surface area contributed by atoms with Gasteiger partial charge in [-0.15, -0.1) is 0 Å². The number of aromatic nitrogens is 1. The molecule has 0 saturated carbocycles. The lowest BCUT2D eigenvalue weighted by atomic mass is 10.0. The number of likely N-dealkylation sites (tertiary alicyclic amines) is 1. The summed E-state index contributed by atoms with van der Waals surface area (Å²) in [5.74, 6) is 0.120. The minimum Gasteiger partial charge on any atom is -0.378 e. The number of amides is 1. The maximum Gasteiger partial charge on any atom is 0.220 e. The number of hydrogen-bond acceptors (Lipinski definition) is 4. The molecule has 1 aromatic rings. The Bertz CT molecular complexity index is 474. The lowest BCUT2D eigenvalue weighted by molar-refractivity contribution is -0.122. The number of pyridine rings is 1. The van der Waals surface area contributed by atoms with E-state index in [0.29, 0.717) is 19.1 Å². The van der Waals surface area contributed by atoms with Gasteiger partial charge in [-0.25, -0.2) is 0 Å². The Balaban J connectivity index is 1.47. The van der Waals surface area contributed by atoms with Gasteiger partial charge in [0.1, 0.15) is 0 Å². The van der Waals surface area contributed by atoms with Crippen LogP contribution in [-0.2, 0) is 16.0 Å². The van der Waals surface area contributed by atoms with Crippen LogP contribution < -0.4 is 5.32 Å². The molecule has 3 heterocycles. The summed E-state index contributed by atoms with van der Waals surface area (Å²) in [5, 5.41) is 3.18. The number of carbonyl (C=O) groups is 1. The molecule has 0 spiro atoms. The maximum atomic E-state index is 12.2. The predicted molar refractivity (Wildman–Crippen MR) is 84.5 cm³/mol. The fourth-order valence-electron chi connectivity index (χ4n) is 3.38. The number of nitrogens with one attached hydrogen (secondary N) is 1. The van der Waals surface area contributed by atoms with Crippen molar-refractivity contribution in [2.45, 2.75) is 44.2 Å². The van der Waals surface area contributed by atoms with E-state index in [1.807, 2.05) is 12.1 Å². The Labute approximate surface area is 132 Å². The molecule has 2 aliphatic rings. The highest BCUT2D eigenvalue weighted by molar-refractivity contribution is 5.76. The van der Waals surface area contributed by atoms with Gasteiger partial charge in [-0.1, -0.05) is 6.42 Å². The van der Waals surface area contributed by atoms with Gasteiger partial charge in [-0.3, -0.25) is 14.7 Å². The van der Waals surface area contributed by atoms with Crippen LogP contribution in [0.4, 0.5) is 0 Å². The van der Waals surface area contributed by atoms with Crippen LogP contribution in [-0.4, -0.2) is 54.2 Å². The van der Waals surface area contributed by atoms with Crippen LogP contribution in [0.5, 0.6) is 0 Å². The van der Waals surface area contributed by atoms with E-state index < -0.39 is 0 Å². The summed E-state index contributed by atoms with van der Waals surface area (Å²) < 4.78 is 5.62. The van der Waals surface area contributed by atoms with Gasteiger partial charge >= 0.3 is 0 Å². The van der Waals surface area contributed by atoms with Gasteiger partial charge < -0.3 is 10.1 Å². The van der Waals surface area contributed by atoms with Crippen molar-refractivity contribution < 1.29 is 9.53 Å². The second-order valence-corrected chi connectivity index (χ2v) is 6.23. The van der Waals surface area contributed by atoms with Gasteiger partial charge in [0.15, 0.2) is 0 Å². The monoisotopic (exact) mass is 303 g/mol. The first-order valence-electron chi connectivity index (χ1n) is 8.33. The van der Waals surface area contributed by atoms with Crippen molar-refractivity contribution in [3.8, 4) is 0 Å². The lowest BCUT2D eigenvalue weighted by Crippen LogP contribution is -2.52. The minimum absolute atomic E-state index is 0.120. The van der Waals surface area contributed by atoms with Gasteiger partial charge in [0.25, 0.3) is 0 Å². The number of ether oxygens (including phenoxy) is 1. The summed E-state index contributed by atoms with van der Waals surface area (Å²) in [6.45, 7) is 3.66. The highest BCUT2D eigenvalue weighted by Crippen LogP contribution is 2.19. The van der Waals surface area contributed by atoms with Crippen LogP contribution in [0.3, 0.4) is 0 Å². The van der Waals surface area contributed by atoms with Crippen molar-refractivity contribution in [3.63, 3.8) is 0 Å². The topological polar surface area (TPSA) is 54.5 Å². The number of rotatable bonds is 5. The number of piperidine rings is 1. The van der Waals surface area contributed by atoms with Crippen LogP contribution in [0.1, 0.15) is 31.2 Å². The van der Waals surface area contributed by atoms with Crippen LogP contribution in [0, 0.1) is 0 Å². The number of nitrogens with zero attached hydrogens (tertiary/aromatic N) is 2. The molecule has 0 bridgehead atoms. The molecule has 5 heteroatoms. The molecule has 22 heavy (non-hydrogen) atoms. The molecule has 0 radical (unpaired) electrons. The number of hydrogen-bond donors (Lipinski definition) is 1. The van der Waals surface area contributed by atoms with Crippen molar-refractivity contribution in [3.05, 3.63) is 30.1 Å². The van der Waals surface area contributed by atoms with Crippen molar-refractivity contribution in [2.24, 2.45) is 0 Å². The summed E-state index contributed by atoms with van der Waals surface area (Å²) in [5.41, 5.74) is 1.15. The maximum absolute atomic E-state index is 12.2. The Morgan fingerprint density at radius 3 is 2.77 bits per heavy atom. The van der Waals surface area contributed by atoms with E-state index in [1.165, 1.54) is 19.3 Å². The number of aryl methyl sites for hydroxylation is 1. The molecule has 0 aliphatic carbocycles. The fourth-order valence-corrected chi connectivity index (χ4v) is 3.38. The van der Waals surface area contributed by atoms with Crippen LogP contribution >= 0.6 is 0 Å². The molecule has 2 fully saturated rings. The van der Waals surface area contributed by atoms with Gasteiger partial charge in [0, 0.05) is 18.8 Å². The minimum atomic E-state index is 0.120. The lowest BCUT2D eigenvalue weighted by Gasteiger charge is -2.34. The first kappa shape index (κ1) is 15.4. The van der Waals surface area contributed by atoms with E-state index in [4.69, 9.17) is 4.74 Å². The van der Waals surface area contributed by atoms with E-state index in [0.717, 1.165) is 31.7 Å². The van der Waals surface area contributed by atoms with Crippen LogP contribution in [0.2, 0.25) is 0 Å². The van der Waals surface area contributed by atoms with E-state index in [-0.39, 0.29) is 11.9 Å². The largest absolute Gasteiger partial charge is 0.378 e. The Morgan fingerprint density at radius 2 is 2.00 bits per heavy atom. The molecular formula is C17H25N3O2. The average Bonchev–Trinajstić information content (AvgIpc) is 3.03. The molecule has 1 amide bonds. The second kappa shape index (κ2) is 7.70. The average molecular weight is 303 g/mol. The highest BCUT2D eigenvalue weighted by atomic mass is 16.5. The highest BCUT2D eigenvalue weighted by Gasteiger charge is 2.34. The summed E-state index contributed by atoms with van der Waals surface area (Å²) in [6, 6.07) is 4.42. The van der Waals surface area contributed by atoms with Gasteiger partial charge in [-0.05, 0) is 50.0 Å². The van der Waals surface area contributed by atoms with E-state index in [2.05, 4.69) is 15.2 Å². The summed E-state index contributed by atoms with van der Waals surface area (Å²) in [7, 11) is 0. The molecule has 3 rings (SSSR count). The zero-order valence-corrected chi connectivity index (χ0v) is 13.0. The van der Waals surface area contributed by atoms with E-state index in [9.17, 15) is 4.79 Å². The summed E-state index contributed by atoms with van der Waals surface area (Å²) in [4.78, 5) is 18.7. The van der Waals surface area contributed by atoms with E-state index >= 15 is 0 Å². The molecule has 120 valence electrons. The first-order valence-corrected chi connectivity index (χ1v) is 8.33. The molecule has 2 saturated heterocycles. The van der Waals surface area contributed by atoms with Gasteiger partial charge in [-0.2, -0.15) is 0 Å². The quantitative estimate of drug-likeness (QED) is 0.893. The van der Waals surface area contributed by atoms with Crippen LogP contribution in [0.25, 0.3) is 0 Å². The SMILES string of the molecule is O=C(CCc1ccncc1)N[C@H]1COC[C@@H]1N1CCCCC1. The Morgan fingerprint density at radius 1 is 1.23 bits per heavy atom. The van der Waals surface area contributed by atoms with Crippen molar-refractivity contribution >= 4 is 5.91 Å². The van der Waals surface area contributed by atoms with E-state index in [1.54, 1.807) is 12.4 Å². The van der Waals surface area contributed by atoms with Crippen molar-refractivity contribution in [1.29, 1.82) is 0 Å². The van der Waals surface area contributed by atoms with Gasteiger partial charge in [0.2, 0.25) is 5.91 Å². The zero-order valence-electron chi connectivity index (χ0n) is 13.0. The normalized spacial score (nSPS) is 26.0. The smallest absolute Gasteiger partial charge is 0.220 e. The molecule has 5 nitrogen and oxygen atoms in total. The Kier molecular flexibility index (Phi) is 5.40. The summed E-state index contributed by atoms with van der Waals surface area (Å²) in [6.07, 6.45) is 8.67. The third-order valence-electron chi connectivity index (χ3n) is 4.65. The zero-order chi connectivity index (χ0) is 15.2. The summed E-state index contributed by atoms with van der Waals surface area (Å²) >= 11 is 0. The molecule has 1 N–H and O–H groups in total. The van der Waals surface area contributed by atoms with Crippen LogP contribution in [0.15, 0.2) is 24.5 Å². The molecular weight excluding hydrogens is 278 g/mol. The standard InChI is InChI=1S/C17H25N3O2/c21-17(5-4-14-6-8-18-9-7-14)19-15-12-22-13-16(15)20-10-2-1-3-11-20/h6-9,15-16H,1-5,10-13H2,(H,19,21)/t15-,16-/m0/s1. The molecule has 2 aliphatic heterocycles. The molecule has 0 aromatic carbocycles. The third kappa shape index (κ3) is 4.05. The number of carbonyl (C=O) groups excluding carboxylic acids is 1. The third-order valence-corrected chi connectivity index (χ3v) is 4.65. The molecule has 0 unspecified atom stereocenters. The first-order chi connectivity index (χ1) is 10.8. The van der Waals surface area contributed by atoms with Crippen molar-refractivity contribution in [2.75, 3.05) is 26.3 Å². The van der Waals surface area contributed by atoms with Gasteiger partial charge in [0.05, 0.1) is 25.3 Å². The molecule has 1 aromatic heterocycles. The van der Waals surface area contributed by atoms with Crippen molar-refractivity contribution in [1.82, 2.24) is 15.2 Å².